The third-order valence-corrected chi connectivity index (χ3v) is 3.28. The maximum Gasteiger partial charge on any atom is 0.376 e. The zero-order valence-corrected chi connectivity index (χ0v) is 12.4. The molecule has 0 aliphatic carbocycles. The number of carbonyl (C=O) groups is 1. The second-order valence-electron chi connectivity index (χ2n) is 5.16. The van der Waals surface area contributed by atoms with E-state index in [4.69, 9.17) is 14.0 Å². The first-order chi connectivity index (χ1) is 10.6. The van der Waals surface area contributed by atoms with Gasteiger partial charge in [-0.05, 0) is 26.0 Å². The van der Waals surface area contributed by atoms with Crippen molar-refractivity contribution in [2.24, 2.45) is 5.16 Å². The highest BCUT2D eigenvalue weighted by molar-refractivity contribution is 5.88. The van der Waals surface area contributed by atoms with Crippen LogP contribution in [0.2, 0.25) is 0 Å². The first-order valence-electron chi connectivity index (χ1n) is 7.03. The fourth-order valence-electron chi connectivity index (χ4n) is 2.18. The van der Waals surface area contributed by atoms with E-state index in [1.807, 2.05) is 37.3 Å². The molecule has 2 heterocycles. The Balaban J connectivity index is 1.67. The van der Waals surface area contributed by atoms with E-state index < -0.39 is 5.97 Å². The topological polar surface area (TPSA) is 73.9 Å². The van der Waals surface area contributed by atoms with Crippen LogP contribution in [0.15, 0.2) is 39.9 Å². The average molecular weight is 300 g/mol. The number of rotatable bonds is 4. The normalized spacial score (nSPS) is 17.0. The van der Waals surface area contributed by atoms with E-state index in [1.165, 1.54) is 0 Å². The molecule has 2 aromatic rings. The van der Waals surface area contributed by atoms with Gasteiger partial charge < -0.3 is 14.0 Å². The molecule has 0 fully saturated rings. The van der Waals surface area contributed by atoms with Gasteiger partial charge in [0.25, 0.3) is 0 Å². The number of oxime groups is 1. The minimum atomic E-state index is -0.541. The molecule has 0 saturated heterocycles. The van der Waals surface area contributed by atoms with E-state index >= 15 is 0 Å². The molecule has 1 aliphatic rings. The second-order valence-corrected chi connectivity index (χ2v) is 5.16. The highest BCUT2D eigenvalue weighted by Gasteiger charge is 2.24. The predicted octanol–water partition coefficient (Wildman–Crippen LogP) is 2.97. The molecular weight excluding hydrogens is 284 g/mol. The average Bonchev–Trinajstić information content (AvgIpc) is 3.12. The van der Waals surface area contributed by atoms with Gasteiger partial charge in [0, 0.05) is 12.0 Å². The molecule has 1 atom stereocenters. The number of esters is 1. The summed E-state index contributed by atoms with van der Waals surface area (Å²) in [6.45, 7) is 3.72. The highest BCUT2D eigenvalue weighted by Crippen LogP contribution is 2.22. The Hall–Kier alpha value is -2.63. The van der Waals surface area contributed by atoms with Crippen molar-refractivity contribution in [3.63, 3.8) is 0 Å². The van der Waals surface area contributed by atoms with E-state index in [-0.39, 0.29) is 18.5 Å². The number of benzene rings is 1. The van der Waals surface area contributed by atoms with Crippen molar-refractivity contribution in [3.05, 3.63) is 41.8 Å². The molecule has 0 radical (unpaired) electrons. The number of aryl methyl sites for hydroxylation is 1. The van der Waals surface area contributed by atoms with E-state index in [9.17, 15) is 4.79 Å². The minimum absolute atomic E-state index is 0.120. The van der Waals surface area contributed by atoms with Crippen LogP contribution in [0.25, 0.3) is 11.5 Å². The number of aromatic nitrogens is 1. The summed E-state index contributed by atoms with van der Waals surface area (Å²) in [6.07, 6.45) is 0.443. The summed E-state index contributed by atoms with van der Waals surface area (Å²) in [4.78, 5) is 21.5. The third-order valence-electron chi connectivity index (χ3n) is 3.28. The highest BCUT2D eigenvalue weighted by atomic mass is 16.7. The molecule has 22 heavy (non-hydrogen) atoms. The molecule has 6 nitrogen and oxygen atoms in total. The molecule has 1 aliphatic heterocycles. The van der Waals surface area contributed by atoms with Gasteiger partial charge in [-0.2, -0.15) is 0 Å². The molecule has 1 unspecified atom stereocenters. The Morgan fingerprint density at radius 1 is 1.32 bits per heavy atom. The van der Waals surface area contributed by atoms with Gasteiger partial charge in [-0.3, -0.25) is 0 Å². The predicted molar refractivity (Wildman–Crippen MR) is 79.6 cm³/mol. The fourth-order valence-corrected chi connectivity index (χ4v) is 2.18. The molecule has 0 saturated carbocycles. The SMILES string of the molecule is CC1=NOC(COC(=O)c2oc(-c3ccccc3)nc2C)C1. The van der Waals surface area contributed by atoms with E-state index in [0.717, 1.165) is 11.3 Å². The minimum Gasteiger partial charge on any atom is -0.456 e. The van der Waals surface area contributed by atoms with Gasteiger partial charge in [-0.25, -0.2) is 9.78 Å². The van der Waals surface area contributed by atoms with Crippen LogP contribution in [0.1, 0.15) is 29.6 Å². The molecule has 0 spiro atoms. The monoisotopic (exact) mass is 300 g/mol. The Morgan fingerprint density at radius 2 is 2.09 bits per heavy atom. The molecule has 0 bridgehead atoms. The lowest BCUT2D eigenvalue weighted by Crippen LogP contribution is -2.19. The quantitative estimate of drug-likeness (QED) is 0.811. The third kappa shape index (κ3) is 3.00. The van der Waals surface area contributed by atoms with Gasteiger partial charge >= 0.3 is 5.97 Å². The molecule has 0 N–H and O–H groups in total. The van der Waals surface area contributed by atoms with E-state index in [2.05, 4.69) is 10.1 Å². The number of ether oxygens (including phenoxy) is 1. The maximum absolute atomic E-state index is 12.1. The number of hydrogen-bond donors (Lipinski definition) is 0. The van der Waals surface area contributed by atoms with Crippen molar-refractivity contribution in [1.82, 2.24) is 4.98 Å². The zero-order valence-electron chi connectivity index (χ0n) is 12.4. The van der Waals surface area contributed by atoms with Crippen LogP contribution in [0.5, 0.6) is 0 Å². The number of carbonyl (C=O) groups excluding carboxylic acids is 1. The van der Waals surface area contributed by atoms with Crippen LogP contribution in [0, 0.1) is 6.92 Å². The Morgan fingerprint density at radius 3 is 2.77 bits per heavy atom. The lowest BCUT2D eigenvalue weighted by atomic mass is 10.2. The van der Waals surface area contributed by atoms with E-state index in [1.54, 1.807) is 6.92 Å². The number of hydrogen-bond acceptors (Lipinski definition) is 6. The fraction of sp³-hybridized carbons (Fsp3) is 0.312. The Bertz CT molecular complexity index is 706. The smallest absolute Gasteiger partial charge is 0.376 e. The molecule has 6 heteroatoms. The van der Waals surface area contributed by atoms with Gasteiger partial charge in [-0.1, -0.05) is 23.4 Å². The first kappa shape index (κ1) is 14.3. The van der Waals surface area contributed by atoms with Crippen LogP contribution in [-0.4, -0.2) is 29.4 Å². The van der Waals surface area contributed by atoms with Crippen LogP contribution in [0.4, 0.5) is 0 Å². The summed E-state index contributed by atoms with van der Waals surface area (Å²) in [7, 11) is 0. The summed E-state index contributed by atoms with van der Waals surface area (Å²) in [5, 5.41) is 3.82. The molecule has 1 aromatic heterocycles. The largest absolute Gasteiger partial charge is 0.456 e. The molecule has 0 amide bonds. The summed E-state index contributed by atoms with van der Waals surface area (Å²) < 4.78 is 10.8. The van der Waals surface area contributed by atoms with Crippen LogP contribution in [0.3, 0.4) is 0 Å². The molecule has 3 rings (SSSR count). The van der Waals surface area contributed by atoms with Crippen molar-refractivity contribution >= 4 is 11.7 Å². The Labute approximate surface area is 127 Å². The van der Waals surface area contributed by atoms with Crippen molar-refractivity contribution in [3.8, 4) is 11.5 Å². The van der Waals surface area contributed by atoms with Crippen molar-refractivity contribution in [2.75, 3.05) is 6.61 Å². The zero-order chi connectivity index (χ0) is 15.5. The molecular formula is C16H16N2O4. The van der Waals surface area contributed by atoms with Gasteiger partial charge in [0.1, 0.15) is 6.61 Å². The van der Waals surface area contributed by atoms with Gasteiger partial charge in [0.15, 0.2) is 6.10 Å². The molecule has 1 aromatic carbocycles. The van der Waals surface area contributed by atoms with E-state index in [0.29, 0.717) is 18.0 Å². The lowest BCUT2D eigenvalue weighted by Gasteiger charge is -2.08. The Kier molecular flexibility index (Phi) is 3.91. The first-order valence-corrected chi connectivity index (χ1v) is 7.03. The number of oxazole rings is 1. The summed E-state index contributed by atoms with van der Waals surface area (Å²) in [6, 6.07) is 9.40. The van der Waals surface area contributed by atoms with Crippen molar-refractivity contribution < 1.29 is 18.8 Å². The van der Waals surface area contributed by atoms with Crippen molar-refractivity contribution in [2.45, 2.75) is 26.4 Å². The van der Waals surface area contributed by atoms with Crippen LogP contribution >= 0.6 is 0 Å². The lowest BCUT2D eigenvalue weighted by molar-refractivity contribution is 0.00472. The van der Waals surface area contributed by atoms with Crippen molar-refractivity contribution in [1.29, 1.82) is 0 Å². The standard InChI is InChI=1S/C16H16N2O4/c1-10-8-13(22-18-10)9-20-16(19)14-11(2)17-15(21-14)12-6-4-3-5-7-12/h3-7,13H,8-9H2,1-2H3. The second kappa shape index (κ2) is 6.01. The number of nitrogens with zero attached hydrogens (tertiary/aromatic N) is 2. The summed E-state index contributed by atoms with van der Waals surface area (Å²) in [5.74, 6) is -0.0174. The van der Waals surface area contributed by atoms with Crippen LogP contribution < -0.4 is 0 Å². The summed E-state index contributed by atoms with van der Waals surface area (Å²) in [5.41, 5.74) is 2.21. The van der Waals surface area contributed by atoms with Gasteiger partial charge in [0.05, 0.1) is 11.4 Å². The van der Waals surface area contributed by atoms with Crippen LogP contribution in [-0.2, 0) is 9.57 Å². The summed E-state index contributed by atoms with van der Waals surface area (Å²) >= 11 is 0. The van der Waals surface area contributed by atoms with Gasteiger partial charge in [-0.15, -0.1) is 0 Å². The molecule has 114 valence electrons. The maximum atomic E-state index is 12.1. The van der Waals surface area contributed by atoms with Gasteiger partial charge in [0.2, 0.25) is 11.7 Å².